The first-order valence-corrected chi connectivity index (χ1v) is 13.2. The second-order valence-corrected chi connectivity index (χ2v) is 10.3. The van der Waals surface area contributed by atoms with Crippen LogP contribution in [0.3, 0.4) is 0 Å². The molecule has 0 saturated carbocycles. The first-order chi connectivity index (χ1) is 17.5. The van der Waals surface area contributed by atoms with Crippen molar-refractivity contribution in [1.82, 2.24) is 15.1 Å². The predicted molar refractivity (Wildman–Crippen MR) is 139 cm³/mol. The standard InChI is InChI=1S/C29H37N3O4/c1-19-9-14-31(15-10-19)13-6-12-30-28(33)26-22-17-24(35-2)25(36-3)18-23(22)29(34)32-16-11-20-7-4-5-8-21(20)27(26)32/h4-5,7-8,17-19,26-27H,6,9-16H2,1-3H3,(H,30,33)/t26-,27+/m0/s1. The zero-order valence-electron chi connectivity index (χ0n) is 21.6. The van der Waals surface area contributed by atoms with Gasteiger partial charge in [-0.2, -0.15) is 0 Å². The molecule has 7 nitrogen and oxygen atoms in total. The van der Waals surface area contributed by atoms with Crippen molar-refractivity contribution in [2.45, 2.75) is 44.6 Å². The van der Waals surface area contributed by atoms with E-state index in [9.17, 15) is 9.59 Å². The Morgan fingerprint density at radius 1 is 1.03 bits per heavy atom. The summed E-state index contributed by atoms with van der Waals surface area (Å²) < 4.78 is 11.0. The Morgan fingerprint density at radius 3 is 2.50 bits per heavy atom. The van der Waals surface area contributed by atoms with Crippen LogP contribution in [0.5, 0.6) is 11.5 Å². The zero-order valence-corrected chi connectivity index (χ0v) is 21.6. The van der Waals surface area contributed by atoms with Gasteiger partial charge in [-0.25, -0.2) is 0 Å². The van der Waals surface area contributed by atoms with Crippen LogP contribution in [0.2, 0.25) is 0 Å². The quantitative estimate of drug-likeness (QED) is 0.597. The van der Waals surface area contributed by atoms with E-state index in [2.05, 4.69) is 29.3 Å². The van der Waals surface area contributed by atoms with Gasteiger partial charge in [-0.3, -0.25) is 9.59 Å². The summed E-state index contributed by atoms with van der Waals surface area (Å²) in [6.45, 7) is 6.81. The van der Waals surface area contributed by atoms with E-state index in [1.54, 1.807) is 20.3 Å². The number of benzene rings is 2. The Morgan fingerprint density at radius 2 is 1.75 bits per heavy atom. The summed E-state index contributed by atoms with van der Waals surface area (Å²) in [6.07, 6.45) is 4.20. The summed E-state index contributed by atoms with van der Waals surface area (Å²) in [7, 11) is 3.14. The molecule has 2 amide bonds. The number of amides is 2. The smallest absolute Gasteiger partial charge is 0.254 e. The minimum Gasteiger partial charge on any atom is -0.493 e. The Bertz CT molecular complexity index is 1130. The lowest BCUT2D eigenvalue weighted by Gasteiger charge is -2.45. The van der Waals surface area contributed by atoms with Gasteiger partial charge in [-0.15, -0.1) is 0 Å². The highest BCUT2D eigenvalue weighted by Gasteiger charge is 2.46. The lowest BCUT2D eigenvalue weighted by Crippen LogP contribution is -2.50. The van der Waals surface area contributed by atoms with Crippen LogP contribution < -0.4 is 14.8 Å². The highest BCUT2D eigenvalue weighted by molar-refractivity contribution is 6.02. The molecule has 2 aromatic rings. The first-order valence-electron chi connectivity index (χ1n) is 13.2. The van der Waals surface area contributed by atoms with Gasteiger partial charge in [0.2, 0.25) is 5.91 Å². The maximum Gasteiger partial charge on any atom is 0.254 e. The van der Waals surface area contributed by atoms with Gasteiger partial charge in [-0.1, -0.05) is 31.2 Å². The van der Waals surface area contributed by atoms with Crippen LogP contribution in [0.1, 0.15) is 65.2 Å². The Hall–Kier alpha value is -3.06. The number of rotatable bonds is 7. The Kier molecular flexibility index (Phi) is 7.19. The molecule has 0 aliphatic carbocycles. The van der Waals surface area contributed by atoms with Gasteiger partial charge in [0.1, 0.15) is 0 Å². The second kappa shape index (κ2) is 10.5. The number of ether oxygens (including phenoxy) is 2. The molecular formula is C29H37N3O4. The molecule has 1 fully saturated rings. The molecule has 0 unspecified atom stereocenters. The van der Waals surface area contributed by atoms with E-state index in [-0.39, 0.29) is 17.9 Å². The Labute approximate surface area is 213 Å². The minimum absolute atomic E-state index is 0.0464. The molecule has 1 N–H and O–H groups in total. The average Bonchev–Trinajstić information content (AvgIpc) is 2.91. The Balaban J connectivity index is 1.42. The molecule has 0 spiro atoms. The van der Waals surface area contributed by atoms with Gasteiger partial charge in [0.25, 0.3) is 5.91 Å². The maximum absolute atomic E-state index is 13.8. The van der Waals surface area contributed by atoms with Crippen molar-refractivity contribution in [3.63, 3.8) is 0 Å². The van der Waals surface area contributed by atoms with Crippen LogP contribution in [0, 0.1) is 5.92 Å². The maximum atomic E-state index is 13.8. The van der Waals surface area contributed by atoms with Gasteiger partial charge in [0, 0.05) is 18.7 Å². The summed E-state index contributed by atoms with van der Waals surface area (Å²) in [4.78, 5) is 31.9. The number of carbonyl (C=O) groups is 2. The first kappa shape index (κ1) is 24.6. The summed E-state index contributed by atoms with van der Waals surface area (Å²) in [5.41, 5.74) is 3.48. The van der Waals surface area contributed by atoms with Crippen molar-refractivity contribution in [1.29, 1.82) is 0 Å². The van der Waals surface area contributed by atoms with E-state index in [0.29, 0.717) is 35.7 Å². The molecule has 2 atom stereocenters. The van der Waals surface area contributed by atoms with Crippen molar-refractivity contribution in [3.05, 3.63) is 58.7 Å². The molecule has 0 bridgehead atoms. The van der Waals surface area contributed by atoms with E-state index in [0.717, 1.165) is 44.0 Å². The van der Waals surface area contributed by atoms with E-state index in [1.807, 2.05) is 23.1 Å². The molecular weight excluding hydrogens is 454 g/mol. The zero-order chi connectivity index (χ0) is 25.2. The number of piperidine rings is 1. The molecule has 192 valence electrons. The van der Waals surface area contributed by atoms with E-state index in [1.165, 1.54) is 18.4 Å². The number of hydrogen-bond acceptors (Lipinski definition) is 5. The van der Waals surface area contributed by atoms with Gasteiger partial charge in [-0.05, 0) is 80.1 Å². The molecule has 36 heavy (non-hydrogen) atoms. The lowest BCUT2D eigenvalue weighted by atomic mass is 9.75. The van der Waals surface area contributed by atoms with Crippen molar-refractivity contribution >= 4 is 11.8 Å². The molecule has 0 aromatic heterocycles. The third kappa shape index (κ3) is 4.57. The van der Waals surface area contributed by atoms with Gasteiger partial charge in [0.05, 0.1) is 26.2 Å². The highest BCUT2D eigenvalue weighted by Crippen LogP contribution is 2.48. The van der Waals surface area contributed by atoms with Crippen molar-refractivity contribution < 1.29 is 19.1 Å². The number of methoxy groups -OCH3 is 2. The van der Waals surface area contributed by atoms with Crippen LogP contribution in [-0.2, 0) is 11.2 Å². The number of likely N-dealkylation sites (tertiary alicyclic amines) is 1. The summed E-state index contributed by atoms with van der Waals surface area (Å²) >= 11 is 0. The number of carbonyl (C=O) groups excluding carboxylic acids is 2. The normalized spacial score (nSPS) is 21.9. The fourth-order valence-electron chi connectivity index (χ4n) is 6.04. The summed E-state index contributed by atoms with van der Waals surface area (Å²) in [5.74, 6) is 1.21. The minimum atomic E-state index is -0.519. The fourth-order valence-corrected chi connectivity index (χ4v) is 6.04. The van der Waals surface area contributed by atoms with Crippen LogP contribution in [-0.4, -0.2) is 68.6 Å². The van der Waals surface area contributed by atoms with Crippen molar-refractivity contribution in [2.75, 3.05) is 46.9 Å². The number of fused-ring (bicyclic) bond motifs is 4. The predicted octanol–water partition coefficient (Wildman–Crippen LogP) is 3.78. The summed E-state index contributed by atoms with van der Waals surface area (Å²) in [6, 6.07) is 11.4. The van der Waals surface area contributed by atoms with Crippen molar-refractivity contribution in [3.8, 4) is 11.5 Å². The third-order valence-corrected chi connectivity index (χ3v) is 8.14. The van der Waals surface area contributed by atoms with Crippen LogP contribution >= 0.6 is 0 Å². The van der Waals surface area contributed by atoms with Crippen LogP contribution in [0.25, 0.3) is 0 Å². The van der Waals surface area contributed by atoms with Crippen LogP contribution in [0.4, 0.5) is 0 Å². The topological polar surface area (TPSA) is 71.1 Å². The monoisotopic (exact) mass is 491 g/mol. The molecule has 3 aliphatic heterocycles. The van der Waals surface area contributed by atoms with E-state index >= 15 is 0 Å². The average molecular weight is 492 g/mol. The molecule has 5 rings (SSSR count). The van der Waals surface area contributed by atoms with Gasteiger partial charge in [0.15, 0.2) is 11.5 Å². The fraction of sp³-hybridized carbons (Fsp3) is 0.517. The largest absolute Gasteiger partial charge is 0.493 e. The van der Waals surface area contributed by atoms with Gasteiger partial charge >= 0.3 is 0 Å². The molecule has 1 saturated heterocycles. The molecule has 7 heteroatoms. The lowest BCUT2D eigenvalue weighted by molar-refractivity contribution is -0.124. The van der Waals surface area contributed by atoms with Crippen molar-refractivity contribution in [2.24, 2.45) is 5.92 Å². The number of nitrogens with zero attached hydrogens (tertiary/aromatic N) is 2. The molecule has 3 heterocycles. The number of nitrogens with one attached hydrogen (secondary N) is 1. The van der Waals surface area contributed by atoms with E-state index < -0.39 is 5.92 Å². The van der Waals surface area contributed by atoms with Gasteiger partial charge < -0.3 is 24.6 Å². The SMILES string of the molecule is COc1cc2c(cc1OC)[C@H](C(=O)NCCCN1CCC(C)CC1)[C@H]1c3ccccc3CCN1C2=O. The third-order valence-electron chi connectivity index (χ3n) is 8.14. The molecule has 0 radical (unpaired) electrons. The molecule has 3 aliphatic rings. The highest BCUT2D eigenvalue weighted by atomic mass is 16.5. The van der Waals surface area contributed by atoms with E-state index in [4.69, 9.17) is 9.47 Å². The number of hydrogen-bond donors (Lipinski definition) is 1. The summed E-state index contributed by atoms with van der Waals surface area (Å²) in [5, 5.41) is 3.21. The van der Waals surface area contributed by atoms with Crippen LogP contribution in [0.15, 0.2) is 36.4 Å². The molecule has 2 aromatic carbocycles. The second-order valence-electron chi connectivity index (χ2n) is 10.3.